The number of ether oxygens (including phenoxy) is 1. The van der Waals surface area contributed by atoms with Crippen molar-refractivity contribution in [2.45, 2.75) is 6.18 Å². The van der Waals surface area contributed by atoms with Crippen LogP contribution in [0.4, 0.5) is 18.2 Å². The number of alkyl halides is 3. The maximum Gasteiger partial charge on any atom is 0.416 e. The van der Waals surface area contributed by atoms with E-state index < -0.39 is 22.6 Å². The van der Waals surface area contributed by atoms with Gasteiger partial charge in [-0.05, 0) is 24.3 Å². The summed E-state index contributed by atoms with van der Waals surface area (Å²) in [5.74, 6) is -0.480. The van der Waals surface area contributed by atoms with Crippen LogP contribution in [0.5, 0.6) is 5.75 Å². The molecule has 1 aromatic carbocycles. The minimum atomic E-state index is -4.46. The summed E-state index contributed by atoms with van der Waals surface area (Å²) in [6.07, 6.45) is -4.46. The van der Waals surface area contributed by atoms with Gasteiger partial charge >= 0.3 is 11.2 Å². The van der Waals surface area contributed by atoms with E-state index in [4.69, 9.17) is 4.74 Å². The third-order valence-electron chi connectivity index (χ3n) is 2.81. The van der Waals surface area contributed by atoms with Crippen molar-refractivity contribution in [2.24, 2.45) is 0 Å². The summed E-state index contributed by atoms with van der Waals surface area (Å²) in [4.78, 5) is 21.9. The fraction of sp³-hybridized carbons (Fsp3) is 0.214. The Kier molecular flexibility index (Phi) is 5.39. The first-order chi connectivity index (χ1) is 11.3. The molecule has 0 fully saturated rings. The van der Waals surface area contributed by atoms with Crippen LogP contribution in [-0.4, -0.2) is 24.0 Å². The predicted octanol–water partition coefficient (Wildman–Crippen LogP) is 3.48. The number of rotatable bonds is 6. The number of hydrogen-bond donors (Lipinski definition) is 1. The Balaban J connectivity index is 1.82. The van der Waals surface area contributed by atoms with E-state index in [1.54, 1.807) is 0 Å². The monoisotopic (exact) mass is 360 g/mol. The maximum absolute atomic E-state index is 12.5. The quantitative estimate of drug-likeness (QED) is 0.486. The van der Waals surface area contributed by atoms with Crippen LogP contribution in [0.3, 0.4) is 0 Å². The molecule has 2 rings (SSSR count). The molecule has 0 saturated carbocycles. The predicted molar refractivity (Wildman–Crippen MR) is 80.2 cm³/mol. The lowest BCUT2D eigenvalue weighted by Gasteiger charge is -2.10. The van der Waals surface area contributed by atoms with E-state index in [0.29, 0.717) is 0 Å². The van der Waals surface area contributed by atoms with Gasteiger partial charge in [-0.2, -0.15) is 13.2 Å². The SMILES string of the molecule is O=C(NCCOc1cccc(C(F)(F)F)c1)c1ccc([N+](=O)[O-])s1. The molecule has 0 aliphatic heterocycles. The molecule has 0 radical (unpaired) electrons. The first kappa shape index (κ1) is 17.7. The van der Waals surface area contributed by atoms with Crippen LogP contribution >= 0.6 is 11.3 Å². The van der Waals surface area contributed by atoms with Crippen LogP contribution in [0.15, 0.2) is 36.4 Å². The van der Waals surface area contributed by atoms with Gasteiger partial charge in [-0.1, -0.05) is 17.4 Å². The number of hydrogen-bond acceptors (Lipinski definition) is 5. The van der Waals surface area contributed by atoms with Crippen LogP contribution in [0.2, 0.25) is 0 Å². The lowest BCUT2D eigenvalue weighted by molar-refractivity contribution is -0.380. The summed E-state index contributed by atoms with van der Waals surface area (Å²) in [5, 5.41) is 12.9. The second kappa shape index (κ2) is 7.30. The Bertz CT molecular complexity index is 746. The van der Waals surface area contributed by atoms with E-state index in [0.717, 1.165) is 23.5 Å². The largest absolute Gasteiger partial charge is 0.492 e. The van der Waals surface area contributed by atoms with Crippen LogP contribution in [0.1, 0.15) is 15.2 Å². The Morgan fingerprint density at radius 2 is 2.04 bits per heavy atom. The number of carbonyl (C=O) groups excluding carboxylic acids is 1. The fourth-order valence-electron chi connectivity index (χ4n) is 1.73. The highest BCUT2D eigenvalue weighted by molar-refractivity contribution is 7.17. The van der Waals surface area contributed by atoms with Crippen molar-refractivity contribution in [3.63, 3.8) is 0 Å². The molecule has 1 aromatic heterocycles. The number of benzene rings is 1. The van der Waals surface area contributed by atoms with Crippen molar-refractivity contribution in [1.82, 2.24) is 5.32 Å². The van der Waals surface area contributed by atoms with E-state index in [1.807, 2.05) is 0 Å². The van der Waals surface area contributed by atoms with Crippen LogP contribution in [0, 0.1) is 10.1 Å². The zero-order valence-electron chi connectivity index (χ0n) is 12.0. The highest BCUT2D eigenvalue weighted by Crippen LogP contribution is 2.31. The van der Waals surface area contributed by atoms with E-state index in [-0.39, 0.29) is 28.8 Å². The number of nitrogens with one attached hydrogen (secondary N) is 1. The second-order valence-electron chi connectivity index (χ2n) is 4.52. The van der Waals surface area contributed by atoms with Gasteiger partial charge in [-0.25, -0.2) is 0 Å². The highest BCUT2D eigenvalue weighted by atomic mass is 32.1. The topological polar surface area (TPSA) is 81.5 Å². The third-order valence-corrected chi connectivity index (χ3v) is 3.85. The molecule has 10 heteroatoms. The molecule has 1 N–H and O–H groups in total. The summed E-state index contributed by atoms with van der Waals surface area (Å²) < 4.78 is 42.8. The normalized spacial score (nSPS) is 11.1. The molecule has 0 unspecified atom stereocenters. The summed E-state index contributed by atoms with van der Waals surface area (Å²) in [7, 11) is 0. The van der Waals surface area contributed by atoms with Gasteiger partial charge in [0.1, 0.15) is 12.4 Å². The van der Waals surface area contributed by atoms with Crippen molar-refractivity contribution in [3.05, 3.63) is 57.0 Å². The smallest absolute Gasteiger partial charge is 0.416 e. The number of nitrogens with zero attached hydrogens (tertiary/aromatic N) is 1. The van der Waals surface area contributed by atoms with Gasteiger partial charge in [0.25, 0.3) is 5.91 Å². The molecule has 1 amide bonds. The number of halogens is 3. The molecule has 1 heterocycles. The maximum atomic E-state index is 12.5. The van der Waals surface area contributed by atoms with Gasteiger partial charge in [-0.15, -0.1) is 0 Å². The molecule has 0 atom stereocenters. The molecule has 128 valence electrons. The summed E-state index contributed by atoms with van der Waals surface area (Å²) in [6.45, 7) is 0.00129. The Labute approximate surface area is 138 Å². The Hall–Kier alpha value is -2.62. The molecule has 0 saturated heterocycles. The minimum Gasteiger partial charge on any atom is -0.492 e. The van der Waals surface area contributed by atoms with Crippen molar-refractivity contribution < 1.29 is 27.6 Å². The Morgan fingerprint density at radius 3 is 2.67 bits per heavy atom. The minimum absolute atomic E-state index is 0.0332. The van der Waals surface area contributed by atoms with Crippen molar-refractivity contribution in [2.75, 3.05) is 13.2 Å². The number of carbonyl (C=O) groups is 1. The van der Waals surface area contributed by atoms with Gasteiger partial charge in [0, 0.05) is 6.07 Å². The Morgan fingerprint density at radius 1 is 1.29 bits per heavy atom. The van der Waals surface area contributed by atoms with E-state index in [9.17, 15) is 28.1 Å². The molecule has 0 aliphatic rings. The average molecular weight is 360 g/mol. The van der Waals surface area contributed by atoms with E-state index in [2.05, 4.69) is 5.32 Å². The van der Waals surface area contributed by atoms with Crippen LogP contribution in [-0.2, 0) is 6.18 Å². The van der Waals surface area contributed by atoms with E-state index >= 15 is 0 Å². The first-order valence-electron chi connectivity index (χ1n) is 6.60. The summed E-state index contributed by atoms with van der Waals surface area (Å²) in [6, 6.07) is 6.94. The standard InChI is InChI=1S/C14H11F3N2O4S/c15-14(16,17)9-2-1-3-10(8-9)23-7-6-18-13(20)11-4-5-12(24-11)19(21)22/h1-5,8H,6-7H2,(H,18,20). The van der Waals surface area contributed by atoms with Gasteiger partial charge in [0.05, 0.1) is 21.9 Å². The molecule has 0 aliphatic carbocycles. The number of amides is 1. The average Bonchev–Trinajstić information content (AvgIpc) is 3.01. The van der Waals surface area contributed by atoms with Crippen molar-refractivity contribution in [3.8, 4) is 5.75 Å². The molecule has 2 aromatic rings. The van der Waals surface area contributed by atoms with Gasteiger partial charge < -0.3 is 10.1 Å². The lowest BCUT2D eigenvalue weighted by Crippen LogP contribution is -2.27. The van der Waals surface area contributed by atoms with Gasteiger partial charge in [-0.3, -0.25) is 14.9 Å². The van der Waals surface area contributed by atoms with Crippen molar-refractivity contribution in [1.29, 1.82) is 0 Å². The van der Waals surface area contributed by atoms with Crippen LogP contribution in [0.25, 0.3) is 0 Å². The number of nitro groups is 1. The zero-order valence-corrected chi connectivity index (χ0v) is 12.8. The number of thiophene rings is 1. The molecule has 0 spiro atoms. The fourth-order valence-corrected chi connectivity index (χ4v) is 2.47. The third kappa shape index (κ3) is 4.69. The van der Waals surface area contributed by atoms with Gasteiger partial charge in [0.2, 0.25) is 0 Å². The highest BCUT2D eigenvalue weighted by Gasteiger charge is 2.30. The van der Waals surface area contributed by atoms with E-state index in [1.165, 1.54) is 24.3 Å². The van der Waals surface area contributed by atoms with Crippen LogP contribution < -0.4 is 10.1 Å². The molecule has 24 heavy (non-hydrogen) atoms. The summed E-state index contributed by atoms with van der Waals surface area (Å²) >= 11 is 0.731. The first-order valence-corrected chi connectivity index (χ1v) is 7.41. The second-order valence-corrected chi connectivity index (χ2v) is 5.59. The van der Waals surface area contributed by atoms with Gasteiger partial charge in [0.15, 0.2) is 0 Å². The molecule has 0 bridgehead atoms. The lowest BCUT2D eigenvalue weighted by atomic mass is 10.2. The summed E-state index contributed by atoms with van der Waals surface area (Å²) in [5.41, 5.74) is -0.824. The molecule has 6 nitrogen and oxygen atoms in total. The molecular formula is C14H11F3N2O4S. The molecular weight excluding hydrogens is 349 g/mol. The van der Waals surface area contributed by atoms with Crippen molar-refractivity contribution >= 4 is 22.2 Å². The zero-order chi connectivity index (χ0) is 17.7.